The molecule has 0 aliphatic carbocycles. The van der Waals surface area contributed by atoms with Crippen molar-refractivity contribution in [1.82, 2.24) is 4.90 Å². The van der Waals surface area contributed by atoms with Crippen LogP contribution in [0.4, 0.5) is 5.69 Å². The van der Waals surface area contributed by atoms with Crippen molar-refractivity contribution in [3.63, 3.8) is 0 Å². The van der Waals surface area contributed by atoms with Crippen LogP contribution in [0.5, 0.6) is 0 Å². The number of nitrogens with zero attached hydrogens (tertiary/aromatic N) is 1. The van der Waals surface area contributed by atoms with Gasteiger partial charge in [-0.05, 0) is 42.5 Å². The Bertz CT molecular complexity index is 709. The average molecular weight is 344 g/mol. The predicted molar refractivity (Wildman–Crippen MR) is 94.2 cm³/mol. The van der Waals surface area contributed by atoms with Gasteiger partial charge in [0.15, 0.2) is 0 Å². The van der Waals surface area contributed by atoms with E-state index in [1.54, 1.807) is 47.5 Å². The van der Waals surface area contributed by atoms with Gasteiger partial charge >= 0.3 is 0 Å². The zero-order valence-corrected chi connectivity index (χ0v) is 14.3. The first-order valence-corrected chi connectivity index (χ1v) is 8.82. The quantitative estimate of drug-likeness (QED) is 0.906. The highest BCUT2D eigenvalue weighted by molar-refractivity contribution is 7.09. The van der Waals surface area contributed by atoms with Crippen molar-refractivity contribution in [2.45, 2.75) is 25.5 Å². The number of rotatable bonds is 5. The van der Waals surface area contributed by atoms with E-state index in [2.05, 4.69) is 5.32 Å². The van der Waals surface area contributed by atoms with Crippen molar-refractivity contribution in [2.24, 2.45) is 0 Å². The van der Waals surface area contributed by atoms with E-state index in [0.29, 0.717) is 24.4 Å². The standard InChI is InChI=1S/C18H20N2O3S/c1-20(12-15-7-4-10-24-15)18(22)13-5-2-6-14(11-13)19-17(21)16-8-3-9-23-16/h2,4-7,10-11,16H,3,8-9,12H2,1H3,(H,19,21)/t16-/m1/s1. The summed E-state index contributed by atoms with van der Waals surface area (Å²) < 4.78 is 5.38. The minimum absolute atomic E-state index is 0.0726. The highest BCUT2D eigenvalue weighted by atomic mass is 32.1. The average Bonchev–Trinajstić information content (AvgIpc) is 3.28. The number of benzene rings is 1. The Labute approximate surface area is 145 Å². The maximum Gasteiger partial charge on any atom is 0.253 e. The lowest BCUT2D eigenvalue weighted by Crippen LogP contribution is -2.28. The molecule has 0 unspecified atom stereocenters. The number of carbonyl (C=O) groups excluding carboxylic acids is 2. The molecule has 0 radical (unpaired) electrons. The second kappa shape index (κ2) is 7.59. The highest BCUT2D eigenvalue weighted by Gasteiger charge is 2.23. The van der Waals surface area contributed by atoms with E-state index in [1.165, 1.54) is 0 Å². The first-order chi connectivity index (χ1) is 11.6. The van der Waals surface area contributed by atoms with E-state index in [4.69, 9.17) is 4.74 Å². The van der Waals surface area contributed by atoms with Gasteiger partial charge < -0.3 is 15.0 Å². The van der Waals surface area contributed by atoms with Crippen molar-refractivity contribution >= 4 is 28.8 Å². The summed E-state index contributed by atoms with van der Waals surface area (Å²) in [6, 6.07) is 11.0. The van der Waals surface area contributed by atoms with Gasteiger partial charge in [0, 0.05) is 29.8 Å². The van der Waals surface area contributed by atoms with Crippen LogP contribution >= 0.6 is 11.3 Å². The topological polar surface area (TPSA) is 58.6 Å². The highest BCUT2D eigenvalue weighted by Crippen LogP contribution is 2.18. The second-order valence-corrected chi connectivity index (χ2v) is 6.84. The molecular weight excluding hydrogens is 324 g/mol. The Morgan fingerprint density at radius 1 is 1.33 bits per heavy atom. The van der Waals surface area contributed by atoms with Crippen LogP contribution in [0.15, 0.2) is 41.8 Å². The maximum absolute atomic E-state index is 12.6. The second-order valence-electron chi connectivity index (χ2n) is 5.81. The zero-order valence-electron chi connectivity index (χ0n) is 13.5. The van der Waals surface area contributed by atoms with Gasteiger partial charge in [0.05, 0.1) is 6.54 Å². The third-order valence-corrected chi connectivity index (χ3v) is 4.78. The number of anilines is 1. The van der Waals surface area contributed by atoms with Gasteiger partial charge in [-0.15, -0.1) is 11.3 Å². The fourth-order valence-electron chi connectivity index (χ4n) is 2.67. The number of ether oxygens (including phenoxy) is 1. The van der Waals surface area contributed by atoms with Crippen LogP contribution in [0.3, 0.4) is 0 Å². The molecule has 1 fully saturated rings. The molecule has 2 aromatic rings. The Morgan fingerprint density at radius 3 is 2.92 bits per heavy atom. The smallest absolute Gasteiger partial charge is 0.253 e. The molecule has 1 aromatic heterocycles. The van der Waals surface area contributed by atoms with E-state index in [1.807, 2.05) is 17.5 Å². The number of carbonyl (C=O) groups is 2. The molecule has 0 bridgehead atoms. The number of thiophene rings is 1. The molecule has 1 aromatic carbocycles. The third-order valence-electron chi connectivity index (χ3n) is 3.92. The van der Waals surface area contributed by atoms with Crippen LogP contribution in [-0.4, -0.2) is 36.5 Å². The summed E-state index contributed by atoms with van der Waals surface area (Å²) in [7, 11) is 1.78. The molecular formula is C18H20N2O3S. The summed E-state index contributed by atoms with van der Waals surface area (Å²) in [6.45, 7) is 1.20. The summed E-state index contributed by atoms with van der Waals surface area (Å²) in [6.07, 6.45) is 1.27. The third kappa shape index (κ3) is 4.01. The Balaban J connectivity index is 1.65. The fourth-order valence-corrected chi connectivity index (χ4v) is 3.42. The van der Waals surface area contributed by atoms with E-state index < -0.39 is 0 Å². The minimum Gasteiger partial charge on any atom is -0.368 e. The van der Waals surface area contributed by atoms with Crippen LogP contribution in [-0.2, 0) is 16.1 Å². The lowest BCUT2D eigenvalue weighted by Gasteiger charge is -2.17. The van der Waals surface area contributed by atoms with Crippen molar-refractivity contribution in [2.75, 3.05) is 19.0 Å². The van der Waals surface area contributed by atoms with Crippen LogP contribution in [0, 0.1) is 0 Å². The van der Waals surface area contributed by atoms with Crippen molar-refractivity contribution in [3.8, 4) is 0 Å². The summed E-state index contributed by atoms with van der Waals surface area (Å²) in [4.78, 5) is 27.5. The molecule has 1 N–H and O–H groups in total. The first kappa shape index (κ1) is 16.7. The SMILES string of the molecule is CN(Cc1cccs1)C(=O)c1cccc(NC(=O)[C@H]2CCCO2)c1. The number of nitrogens with one attached hydrogen (secondary N) is 1. The normalized spacial score (nSPS) is 16.8. The molecule has 5 nitrogen and oxygen atoms in total. The molecule has 1 aliphatic rings. The molecule has 1 aliphatic heterocycles. The van der Waals surface area contributed by atoms with Gasteiger partial charge in [0.25, 0.3) is 11.8 Å². The number of hydrogen-bond donors (Lipinski definition) is 1. The van der Waals surface area contributed by atoms with E-state index >= 15 is 0 Å². The lowest BCUT2D eigenvalue weighted by atomic mass is 10.1. The Hall–Kier alpha value is -2.18. The van der Waals surface area contributed by atoms with Gasteiger partial charge in [-0.1, -0.05) is 12.1 Å². The van der Waals surface area contributed by atoms with Crippen LogP contribution in [0.2, 0.25) is 0 Å². The summed E-state index contributed by atoms with van der Waals surface area (Å²) >= 11 is 1.62. The molecule has 3 rings (SSSR count). The van der Waals surface area contributed by atoms with Crippen LogP contribution < -0.4 is 5.32 Å². The van der Waals surface area contributed by atoms with E-state index in [0.717, 1.165) is 17.7 Å². The van der Waals surface area contributed by atoms with Gasteiger partial charge in [-0.25, -0.2) is 0 Å². The summed E-state index contributed by atoms with van der Waals surface area (Å²) in [5.41, 5.74) is 1.17. The number of hydrogen-bond acceptors (Lipinski definition) is 4. The van der Waals surface area contributed by atoms with E-state index in [-0.39, 0.29) is 17.9 Å². The summed E-state index contributed by atoms with van der Waals surface area (Å²) in [5.74, 6) is -0.222. The molecule has 2 amide bonds. The Morgan fingerprint density at radius 2 is 2.21 bits per heavy atom. The maximum atomic E-state index is 12.6. The predicted octanol–water partition coefficient (Wildman–Crippen LogP) is 3.14. The fraction of sp³-hybridized carbons (Fsp3) is 0.333. The monoisotopic (exact) mass is 344 g/mol. The summed E-state index contributed by atoms with van der Waals surface area (Å²) in [5, 5.41) is 4.83. The lowest BCUT2D eigenvalue weighted by molar-refractivity contribution is -0.124. The van der Waals surface area contributed by atoms with Gasteiger partial charge in [0.1, 0.15) is 6.10 Å². The largest absolute Gasteiger partial charge is 0.368 e. The Kier molecular flexibility index (Phi) is 5.27. The molecule has 24 heavy (non-hydrogen) atoms. The van der Waals surface area contributed by atoms with Crippen molar-refractivity contribution in [3.05, 3.63) is 52.2 Å². The van der Waals surface area contributed by atoms with E-state index in [9.17, 15) is 9.59 Å². The van der Waals surface area contributed by atoms with Crippen LogP contribution in [0.25, 0.3) is 0 Å². The van der Waals surface area contributed by atoms with Crippen molar-refractivity contribution < 1.29 is 14.3 Å². The van der Waals surface area contributed by atoms with Gasteiger partial charge in [-0.2, -0.15) is 0 Å². The molecule has 1 atom stereocenters. The molecule has 1 saturated heterocycles. The van der Waals surface area contributed by atoms with Crippen molar-refractivity contribution in [1.29, 1.82) is 0 Å². The zero-order chi connectivity index (χ0) is 16.9. The van der Waals surface area contributed by atoms with Gasteiger partial charge in [0.2, 0.25) is 0 Å². The molecule has 6 heteroatoms. The van der Waals surface area contributed by atoms with Crippen LogP contribution in [0.1, 0.15) is 28.1 Å². The molecule has 2 heterocycles. The number of amides is 2. The molecule has 0 spiro atoms. The first-order valence-electron chi connectivity index (χ1n) is 7.94. The van der Waals surface area contributed by atoms with Gasteiger partial charge in [-0.3, -0.25) is 9.59 Å². The molecule has 126 valence electrons. The molecule has 0 saturated carbocycles. The minimum atomic E-state index is -0.383.